The summed E-state index contributed by atoms with van der Waals surface area (Å²) in [5, 5.41) is 10.2. The van der Waals surface area contributed by atoms with Crippen LogP contribution in [0.5, 0.6) is 11.5 Å². The topological polar surface area (TPSA) is 128 Å². The van der Waals surface area contributed by atoms with Gasteiger partial charge in [0.1, 0.15) is 17.2 Å². The number of nitrogens with two attached hydrogens (primary N) is 1. The molecule has 3 N–H and O–H groups in total. The molecule has 0 atom stereocenters. The predicted molar refractivity (Wildman–Crippen MR) is 82.7 cm³/mol. The van der Waals surface area contributed by atoms with Crippen molar-refractivity contribution in [3.05, 3.63) is 29.0 Å². The third kappa shape index (κ3) is 3.66. The summed E-state index contributed by atoms with van der Waals surface area (Å²) in [6, 6.07) is 4.77. The van der Waals surface area contributed by atoms with Crippen molar-refractivity contribution in [1.29, 1.82) is 0 Å². The molecule has 0 aliphatic heterocycles. The van der Waals surface area contributed by atoms with Crippen LogP contribution in [0, 0.1) is 0 Å². The first-order valence-corrected chi connectivity index (χ1v) is 7.60. The second kappa shape index (κ2) is 7.20. The lowest BCUT2D eigenvalue weighted by molar-refractivity contribution is -0.114. The molecule has 0 spiro atoms. The van der Waals surface area contributed by atoms with Crippen LogP contribution in [0.2, 0.25) is 0 Å². The minimum Gasteiger partial charge on any atom is -0.494 e. The second-order valence-corrected chi connectivity index (χ2v) is 5.86. The summed E-state index contributed by atoms with van der Waals surface area (Å²) in [7, 11) is 0.398. The van der Waals surface area contributed by atoms with Gasteiger partial charge in [-0.1, -0.05) is 6.07 Å². The molecule has 1 aromatic rings. The van der Waals surface area contributed by atoms with Crippen molar-refractivity contribution in [3.63, 3.8) is 0 Å². The normalized spacial score (nSPS) is 12.3. The van der Waals surface area contributed by atoms with Gasteiger partial charge in [-0.05, 0) is 12.1 Å². The molecule has 0 aliphatic rings. The number of aliphatic hydroxyl groups is 1. The SMILES string of the molecule is COc1cccc(OC)c1N(C)/C(O)=C(\C(N)=O)S(=O)(=O)OC. The fourth-order valence-electron chi connectivity index (χ4n) is 1.85. The van der Waals surface area contributed by atoms with E-state index in [9.17, 15) is 18.3 Å². The van der Waals surface area contributed by atoms with Crippen LogP contribution < -0.4 is 20.1 Å². The van der Waals surface area contributed by atoms with Gasteiger partial charge < -0.3 is 25.2 Å². The number of anilines is 1. The Hall–Kier alpha value is -2.46. The van der Waals surface area contributed by atoms with Gasteiger partial charge in [0.25, 0.3) is 5.91 Å². The number of hydrogen-bond donors (Lipinski definition) is 2. The molecule has 10 heteroatoms. The molecule has 0 bridgehead atoms. The van der Waals surface area contributed by atoms with Gasteiger partial charge in [-0.2, -0.15) is 8.42 Å². The lowest BCUT2D eigenvalue weighted by atomic mass is 10.2. The minimum atomic E-state index is -4.52. The second-order valence-electron chi connectivity index (χ2n) is 4.21. The first kappa shape index (κ1) is 18.6. The van der Waals surface area contributed by atoms with Crippen LogP contribution in [0.1, 0.15) is 0 Å². The van der Waals surface area contributed by atoms with Crippen LogP contribution in [0.15, 0.2) is 29.0 Å². The number of amides is 1. The van der Waals surface area contributed by atoms with E-state index in [1.165, 1.54) is 21.3 Å². The molecule has 1 aromatic carbocycles. The van der Waals surface area contributed by atoms with E-state index in [4.69, 9.17) is 15.2 Å². The number of hydrogen-bond acceptors (Lipinski definition) is 8. The third-order valence-electron chi connectivity index (χ3n) is 2.95. The van der Waals surface area contributed by atoms with Crippen molar-refractivity contribution in [2.45, 2.75) is 0 Å². The molecule has 0 saturated carbocycles. The molecule has 0 heterocycles. The third-order valence-corrected chi connectivity index (χ3v) is 4.27. The summed E-state index contributed by atoms with van der Waals surface area (Å²) in [5.74, 6) is -1.75. The summed E-state index contributed by atoms with van der Waals surface area (Å²) in [6.07, 6.45) is 0. The van der Waals surface area contributed by atoms with Crippen molar-refractivity contribution in [1.82, 2.24) is 0 Å². The summed E-state index contributed by atoms with van der Waals surface area (Å²) in [4.78, 5) is 11.4. The Kier molecular flexibility index (Phi) is 5.82. The number of rotatable bonds is 7. The molecule has 0 aromatic heterocycles. The highest BCUT2D eigenvalue weighted by molar-refractivity contribution is 7.91. The Morgan fingerprint density at radius 1 is 1.17 bits per heavy atom. The highest BCUT2D eigenvalue weighted by Gasteiger charge is 2.31. The molecule has 0 saturated heterocycles. The maximum absolute atomic E-state index is 11.8. The molecule has 1 rings (SSSR count). The monoisotopic (exact) mass is 346 g/mol. The summed E-state index contributed by atoms with van der Waals surface area (Å²) < 4.78 is 38.2. The van der Waals surface area contributed by atoms with Gasteiger partial charge in [0.15, 0.2) is 0 Å². The quantitative estimate of drug-likeness (QED) is 0.410. The average molecular weight is 346 g/mol. The minimum absolute atomic E-state index is 0.194. The van der Waals surface area contributed by atoms with Crippen LogP contribution in [-0.2, 0) is 19.1 Å². The molecule has 23 heavy (non-hydrogen) atoms. The molecule has 0 unspecified atom stereocenters. The molecular formula is C13H18N2O7S. The van der Waals surface area contributed by atoms with E-state index in [1.807, 2.05) is 0 Å². The van der Waals surface area contributed by atoms with Crippen molar-refractivity contribution in [2.75, 3.05) is 33.3 Å². The first-order chi connectivity index (χ1) is 10.7. The summed E-state index contributed by atoms with van der Waals surface area (Å²) in [5.41, 5.74) is 5.25. The number of carbonyl (C=O) groups is 1. The van der Waals surface area contributed by atoms with E-state index in [-0.39, 0.29) is 17.2 Å². The molecule has 128 valence electrons. The maximum atomic E-state index is 11.8. The number of ether oxygens (including phenoxy) is 2. The lowest BCUT2D eigenvalue weighted by Crippen LogP contribution is -2.29. The Balaban J connectivity index is 3.63. The standard InChI is InChI=1S/C13H18N2O7S/c1-15(10-8(20-2)6-5-7-9(10)21-3)13(17)11(12(14)16)23(18,19)22-4/h5-7,17H,1-4H3,(H2,14,16)/b13-11-. The highest BCUT2D eigenvalue weighted by Crippen LogP contribution is 2.38. The first-order valence-electron chi connectivity index (χ1n) is 6.19. The van der Waals surface area contributed by atoms with Gasteiger partial charge in [0.2, 0.25) is 10.8 Å². The lowest BCUT2D eigenvalue weighted by Gasteiger charge is -2.24. The average Bonchev–Trinajstić information content (AvgIpc) is 2.52. The van der Waals surface area contributed by atoms with E-state index >= 15 is 0 Å². The van der Waals surface area contributed by atoms with Crippen molar-refractivity contribution >= 4 is 21.7 Å². The van der Waals surface area contributed by atoms with E-state index in [1.54, 1.807) is 18.2 Å². The van der Waals surface area contributed by atoms with E-state index < -0.39 is 26.8 Å². The summed E-state index contributed by atoms with van der Waals surface area (Å²) in [6.45, 7) is 0. The van der Waals surface area contributed by atoms with Crippen molar-refractivity contribution in [2.24, 2.45) is 5.73 Å². The number of benzene rings is 1. The molecule has 9 nitrogen and oxygen atoms in total. The number of primary amides is 1. The fraction of sp³-hybridized carbons (Fsp3) is 0.308. The van der Waals surface area contributed by atoms with Crippen molar-refractivity contribution < 1.29 is 32.0 Å². The fourth-order valence-corrected chi connectivity index (χ4v) is 2.62. The Morgan fingerprint density at radius 3 is 2.00 bits per heavy atom. The largest absolute Gasteiger partial charge is 0.494 e. The highest BCUT2D eigenvalue weighted by atomic mass is 32.2. The number of methoxy groups -OCH3 is 2. The smallest absolute Gasteiger partial charge is 0.307 e. The van der Waals surface area contributed by atoms with E-state index in [0.29, 0.717) is 0 Å². The van der Waals surface area contributed by atoms with Crippen molar-refractivity contribution in [3.8, 4) is 11.5 Å². The molecule has 1 amide bonds. The van der Waals surface area contributed by atoms with Crippen LogP contribution >= 0.6 is 0 Å². The van der Waals surface area contributed by atoms with E-state index in [0.717, 1.165) is 12.0 Å². The van der Waals surface area contributed by atoms with Gasteiger partial charge in [0, 0.05) is 7.05 Å². The van der Waals surface area contributed by atoms with Gasteiger partial charge in [-0.3, -0.25) is 8.98 Å². The van der Waals surface area contributed by atoms with Gasteiger partial charge in [-0.25, -0.2) is 0 Å². The zero-order chi connectivity index (χ0) is 17.8. The van der Waals surface area contributed by atoms with Crippen LogP contribution in [0.3, 0.4) is 0 Å². The zero-order valence-electron chi connectivity index (χ0n) is 13.1. The zero-order valence-corrected chi connectivity index (χ0v) is 13.9. The maximum Gasteiger partial charge on any atom is 0.307 e. The molecular weight excluding hydrogens is 328 g/mol. The molecule has 0 fully saturated rings. The predicted octanol–water partition coefficient (Wildman–Crippen LogP) is 0.329. The van der Waals surface area contributed by atoms with Crippen LogP contribution in [-0.4, -0.2) is 47.8 Å². The molecule has 0 aliphatic carbocycles. The summed E-state index contributed by atoms with van der Waals surface area (Å²) >= 11 is 0. The van der Waals surface area contributed by atoms with Gasteiger partial charge in [0.05, 0.1) is 21.3 Å². The number of nitrogens with zero attached hydrogens (tertiary/aromatic N) is 1. The van der Waals surface area contributed by atoms with Crippen LogP contribution in [0.4, 0.5) is 5.69 Å². The number of para-hydroxylation sites is 1. The number of aliphatic hydroxyl groups excluding tert-OH is 1. The van der Waals surface area contributed by atoms with Crippen LogP contribution in [0.25, 0.3) is 0 Å². The van der Waals surface area contributed by atoms with Gasteiger partial charge in [-0.15, -0.1) is 0 Å². The Morgan fingerprint density at radius 2 is 1.65 bits per heavy atom. The van der Waals surface area contributed by atoms with E-state index in [2.05, 4.69) is 4.18 Å². The number of carbonyl (C=O) groups excluding carboxylic acids is 1. The Bertz CT molecular complexity index is 706. The molecule has 0 radical (unpaired) electrons. The Labute approximate surface area is 134 Å². The van der Waals surface area contributed by atoms with Gasteiger partial charge >= 0.3 is 10.1 Å².